The third-order valence-electron chi connectivity index (χ3n) is 5.44. The van der Waals surface area contributed by atoms with E-state index >= 15 is 0 Å². The highest BCUT2D eigenvalue weighted by Gasteiger charge is 2.27. The van der Waals surface area contributed by atoms with Crippen molar-refractivity contribution in [2.24, 2.45) is 0 Å². The molecule has 0 radical (unpaired) electrons. The number of anilines is 3. The molecule has 13 heteroatoms. The lowest BCUT2D eigenvalue weighted by Crippen LogP contribution is -2.34. The first-order chi connectivity index (χ1) is 17.9. The zero-order chi connectivity index (χ0) is 28.0. The number of hydrogen-bond acceptors (Lipinski definition) is 9. The molecule has 0 saturated carbocycles. The first-order valence-corrected chi connectivity index (χ1v) is 12.9. The number of rotatable bonds is 10. The summed E-state index contributed by atoms with van der Waals surface area (Å²) in [6, 6.07) is 13.1. The SMILES string of the molecule is CN(C)C(=O)Oc1ccc(CC(Nc2nc(N(C)C)ncc2N(C)S(=O)(=O)c2ccccc2)C(=O)O)cc1. The average molecular weight is 543 g/mol. The Morgan fingerprint density at radius 3 is 2.18 bits per heavy atom. The Balaban J connectivity index is 1.91. The molecule has 1 aromatic heterocycles. The van der Waals surface area contributed by atoms with Crippen molar-refractivity contribution in [3.05, 3.63) is 66.4 Å². The van der Waals surface area contributed by atoms with Gasteiger partial charge in [-0.2, -0.15) is 4.98 Å². The smallest absolute Gasteiger partial charge is 0.414 e. The minimum absolute atomic E-state index is 0.0349. The second-order valence-electron chi connectivity index (χ2n) is 8.73. The fraction of sp³-hybridized carbons (Fsp3) is 0.280. The van der Waals surface area contributed by atoms with Crippen LogP contribution in [-0.2, 0) is 21.2 Å². The zero-order valence-electron chi connectivity index (χ0n) is 21.7. The largest absolute Gasteiger partial charge is 0.480 e. The number of nitrogens with zero attached hydrogens (tertiary/aromatic N) is 5. The molecule has 38 heavy (non-hydrogen) atoms. The molecule has 2 aromatic carbocycles. The molecule has 1 unspecified atom stereocenters. The number of carboxylic acid groups (broad SMARTS) is 1. The Labute approximate surface area is 221 Å². The highest BCUT2D eigenvalue weighted by molar-refractivity contribution is 7.92. The van der Waals surface area contributed by atoms with Crippen LogP contribution in [0, 0.1) is 0 Å². The maximum Gasteiger partial charge on any atom is 0.414 e. The van der Waals surface area contributed by atoms with Crippen LogP contribution >= 0.6 is 0 Å². The molecule has 0 aliphatic heterocycles. The number of hydrogen-bond donors (Lipinski definition) is 2. The van der Waals surface area contributed by atoms with Crippen LogP contribution in [0.3, 0.4) is 0 Å². The summed E-state index contributed by atoms with van der Waals surface area (Å²) in [5.74, 6) is -0.556. The minimum atomic E-state index is -3.98. The molecule has 2 N–H and O–H groups in total. The van der Waals surface area contributed by atoms with Crippen molar-refractivity contribution in [3.8, 4) is 5.75 Å². The minimum Gasteiger partial charge on any atom is -0.480 e. The fourth-order valence-electron chi connectivity index (χ4n) is 3.28. The Bertz CT molecular complexity index is 1380. The van der Waals surface area contributed by atoms with E-state index in [2.05, 4.69) is 15.3 Å². The van der Waals surface area contributed by atoms with Gasteiger partial charge in [0.1, 0.15) is 17.5 Å². The molecule has 3 rings (SSSR count). The molecule has 1 atom stereocenters. The molecule has 1 amide bonds. The molecular weight excluding hydrogens is 512 g/mol. The molecule has 0 aliphatic rings. The van der Waals surface area contributed by atoms with E-state index in [4.69, 9.17) is 4.74 Å². The molecule has 12 nitrogen and oxygen atoms in total. The zero-order valence-corrected chi connectivity index (χ0v) is 22.5. The van der Waals surface area contributed by atoms with E-state index in [9.17, 15) is 23.1 Å². The first kappa shape index (κ1) is 28.2. The predicted molar refractivity (Wildman–Crippen MR) is 143 cm³/mol. The quantitative estimate of drug-likeness (QED) is 0.392. The van der Waals surface area contributed by atoms with Gasteiger partial charge in [0.2, 0.25) is 5.95 Å². The van der Waals surface area contributed by atoms with E-state index in [1.807, 2.05) is 0 Å². The number of ether oxygens (including phenoxy) is 1. The normalized spacial score (nSPS) is 11.8. The van der Waals surface area contributed by atoms with Crippen LogP contribution < -0.4 is 19.3 Å². The van der Waals surface area contributed by atoms with E-state index in [0.29, 0.717) is 11.3 Å². The number of carbonyl (C=O) groups is 2. The van der Waals surface area contributed by atoms with E-state index in [-0.39, 0.29) is 28.8 Å². The summed E-state index contributed by atoms with van der Waals surface area (Å²) in [5, 5.41) is 12.8. The highest BCUT2D eigenvalue weighted by atomic mass is 32.2. The van der Waals surface area contributed by atoms with Gasteiger partial charge in [0.05, 0.1) is 11.1 Å². The molecule has 0 saturated heterocycles. The van der Waals surface area contributed by atoms with Crippen LogP contribution in [0.15, 0.2) is 65.7 Å². The maximum atomic E-state index is 13.2. The van der Waals surface area contributed by atoms with Crippen LogP contribution in [0.4, 0.5) is 22.2 Å². The standard InChI is InChI=1S/C25H30N6O6S/c1-29(2)24-26-16-21(31(5)38(35,36)19-9-7-6-8-10-19)22(28-24)27-20(23(32)33)15-17-11-13-18(14-12-17)37-25(34)30(3)4/h6-14,16,20H,15H2,1-5H3,(H,32,33)(H,26,27,28). The number of benzene rings is 2. The number of sulfonamides is 1. The van der Waals surface area contributed by atoms with Crippen molar-refractivity contribution < 1.29 is 27.9 Å². The van der Waals surface area contributed by atoms with Gasteiger partial charge in [-0.25, -0.2) is 23.0 Å². The van der Waals surface area contributed by atoms with Crippen LogP contribution in [0.2, 0.25) is 0 Å². The van der Waals surface area contributed by atoms with E-state index in [0.717, 1.165) is 4.31 Å². The van der Waals surface area contributed by atoms with Crippen LogP contribution in [0.25, 0.3) is 0 Å². The molecule has 0 aliphatic carbocycles. The van der Waals surface area contributed by atoms with Crippen molar-refractivity contribution in [2.45, 2.75) is 17.4 Å². The van der Waals surface area contributed by atoms with E-state index in [1.165, 1.54) is 30.3 Å². The number of aromatic nitrogens is 2. The lowest BCUT2D eigenvalue weighted by Gasteiger charge is -2.25. The molecule has 0 fully saturated rings. The van der Waals surface area contributed by atoms with Gasteiger partial charge in [0.25, 0.3) is 10.0 Å². The first-order valence-electron chi connectivity index (χ1n) is 11.5. The van der Waals surface area contributed by atoms with Crippen molar-refractivity contribution in [3.63, 3.8) is 0 Å². The number of amides is 1. The summed E-state index contributed by atoms with van der Waals surface area (Å²) in [4.78, 5) is 35.5. The van der Waals surface area contributed by atoms with Gasteiger partial charge >= 0.3 is 12.1 Å². The maximum absolute atomic E-state index is 13.2. The van der Waals surface area contributed by atoms with Crippen molar-refractivity contribution in [1.29, 1.82) is 0 Å². The lowest BCUT2D eigenvalue weighted by atomic mass is 10.1. The third-order valence-corrected chi connectivity index (χ3v) is 7.23. The highest BCUT2D eigenvalue weighted by Crippen LogP contribution is 2.30. The number of aliphatic carboxylic acids is 1. The molecule has 3 aromatic rings. The van der Waals surface area contributed by atoms with E-state index in [1.54, 1.807) is 75.6 Å². The second kappa shape index (κ2) is 11.8. The predicted octanol–water partition coefficient (Wildman–Crippen LogP) is 2.54. The monoisotopic (exact) mass is 542 g/mol. The third kappa shape index (κ3) is 6.68. The second-order valence-corrected chi connectivity index (χ2v) is 10.7. The summed E-state index contributed by atoms with van der Waals surface area (Å²) in [5.41, 5.74) is 0.722. The van der Waals surface area contributed by atoms with Crippen molar-refractivity contribution >= 4 is 39.5 Å². The molecule has 0 bridgehead atoms. The lowest BCUT2D eigenvalue weighted by molar-refractivity contribution is -0.137. The summed E-state index contributed by atoms with van der Waals surface area (Å²) in [7, 11) is 3.92. The van der Waals surface area contributed by atoms with Gasteiger partial charge in [0.15, 0.2) is 5.82 Å². The van der Waals surface area contributed by atoms with Gasteiger partial charge in [-0.1, -0.05) is 30.3 Å². The summed E-state index contributed by atoms with van der Waals surface area (Å²) < 4.78 is 32.7. The number of nitrogens with one attached hydrogen (secondary N) is 1. The van der Waals surface area contributed by atoms with Crippen LogP contribution in [0.5, 0.6) is 5.75 Å². The average Bonchev–Trinajstić information content (AvgIpc) is 2.89. The Morgan fingerprint density at radius 2 is 1.63 bits per heavy atom. The van der Waals surface area contributed by atoms with Crippen molar-refractivity contribution in [1.82, 2.24) is 14.9 Å². The molecule has 202 valence electrons. The summed E-state index contributed by atoms with van der Waals surface area (Å²) >= 11 is 0. The Morgan fingerprint density at radius 1 is 1.00 bits per heavy atom. The number of carbonyl (C=O) groups excluding carboxylic acids is 1. The Kier molecular flexibility index (Phi) is 8.73. The molecular formula is C25H30N6O6S. The van der Waals surface area contributed by atoms with Gasteiger partial charge in [-0.05, 0) is 29.8 Å². The van der Waals surface area contributed by atoms with Gasteiger partial charge in [-0.3, -0.25) is 4.31 Å². The summed E-state index contributed by atoms with van der Waals surface area (Å²) in [6.45, 7) is 0. The molecule has 1 heterocycles. The van der Waals surface area contributed by atoms with Gasteiger partial charge < -0.3 is 25.0 Å². The van der Waals surface area contributed by atoms with Gasteiger partial charge in [-0.15, -0.1) is 0 Å². The van der Waals surface area contributed by atoms with E-state index < -0.39 is 28.1 Å². The summed E-state index contributed by atoms with van der Waals surface area (Å²) in [6.07, 6.45) is 0.829. The molecule has 0 spiro atoms. The topological polar surface area (TPSA) is 145 Å². The van der Waals surface area contributed by atoms with Crippen molar-refractivity contribution in [2.75, 3.05) is 49.8 Å². The number of carboxylic acids is 1. The Hall–Kier alpha value is -4.39. The fourth-order valence-corrected chi connectivity index (χ4v) is 4.49. The van der Waals surface area contributed by atoms with Gasteiger partial charge in [0, 0.05) is 41.7 Å². The van der Waals surface area contributed by atoms with Crippen LogP contribution in [0.1, 0.15) is 5.56 Å². The van der Waals surface area contributed by atoms with Crippen LogP contribution in [-0.4, -0.2) is 81.7 Å².